The lowest BCUT2D eigenvalue weighted by atomic mass is 10.1. The van der Waals surface area contributed by atoms with Crippen LogP contribution in [-0.4, -0.2) is 46.3 Å². The minimum absolute atomic E-state index is 0.0253. The van der Waals surface area contributed by atoms with E-state index in [0.717, 1.165) is 16.1 Å². The van der Waals surface area contributed by atoms with E-state index < -0.39 is 0 Å². The summed E-state index contributed by atoms with van der Waals surface area (Å²) in [7, 11) is 0. The number of fused-ring (bicyclic) bond motifs is 1. The van der Waals surface area contributed by atoms with Gasteiger partial charge in [0.1, 0.15) is 10.8 Å². The molecule has 0 bridgehead atoms. The number of aromatic nitrogens is 2. The number of carbonyl (C=O) groups excluding carboxylic acids is 2. The van der Waals surface area contributed by atoms with Crippen molar-refractivity contribution in [3.8, 4) is 0 Å². The lowest BCUT2D eigenvalue weighted by Crippen LogP contribution is -2.43. The van der Waals surface area contributed by atoms with E-state index in [0.29, 0.717) is 25.5 Å². The van der Waals surface area contributed by atoms with Gasteiger partial charge in [-0.25, -0.2) is 9.97 Å². The van der Waals surface area contributed by atoms with Crippen LogP contribution in [0.5, 0.6) is 0 Å². The SMILES string of the molecule is O=C1CNCc2cc(/C=C/C(=O)N3CC(=Cc4nccs4)C3)cnc2N1. The van der Waals surface area contributed by atoms with Gasteiger partial charge in [-0.1, -0.05) is 0 Å². The van der Waals surface area contributed by atoms with Crippen molar-refractivity contribution in [1.82, 2.24) is 20.2 Å². The van der Waals surface area contributed by atoms with Crippen LogP contribution < -0.4 is 10.6 Å². The fraction of sp³-hybridized carbons (Fsp3) is 0.222. The van der Waals surface area contributed by atoms with E-state index >= 15 is 0 Å². The number of carbonyl (C=O) groups is 2. The summed E-state index contributed by atoms with van der Waals surface area (Å²) in [6, 6.07) is 1.93. The van der Waals surface area contributed by atoms with Crippen LogP contribution >= 0.6 is 11.3 Å². The molecule has 2 aliphatic rings. The maximum atomic E-state index is 12.2. The van der Waals surface area contributed by atoms with Crippen molar-refractivity contribution in [1.29, 1.82) is 0 Å². The Hall–Kier alpha value is -2.84. The summed E-state index contributed by atoms with van der Waals surface area (Å²) in [5, 5.41) is 8.70. The molecule has 0 aromatic carbocycles. The Kier molecular flexibility index (Phi) is 4.59. The molecule has 2 amide bonds. The Bertz CT molecular complexity index is 896. The van der Waals surface area contributed by atoms with Gasteiger partial charge < -0.3 is 15.5 Å². The first-order valence-corrected chi connectivity index (χ1v) is 9.11. The van der Waals surface area contributed by atoms with Gasteiger partial charge in [0.15, 0.2) is 0 Å². The van der Waals surface area contributed by atoms with Gasteiger partial charge in [-0.05, 0) is 29.4 Å². The lowest BCUT2D eigenvalue weighted by molar-refractivity contribution is -0.127. The zero-order valence-corrected chi connectivity index (χ0v) is 14.8. The van der Waals surface area contributed by atoms with Crippen LogP contribution in [0, 0.1) is 0 Å². The van der Waals surface area contributed by atoms with E-state index in [1.54, 1.807) is 40.8 Å². The Morgan fingerprint density at radius 3 is 2.96 bits per heavy atom. The van der Waals surface area contributed by atoms with Crippen LogP contribution in [0.2, 0.25) is 0 Å². The third-order valence-electron chi connectivity index (χ3n) is 4.14. The molecule has 0 unspecified atom stereocenters. The highest BCUT2D eigenvalue weighted by Gasteiger charge is 2.23. The molecule has 2 aromatic rings. The quantitative estimate of drug-likeness (QED) is 0.803. The Morgan fingerprint density at radius 2 is 2.15 bits per heavy atom. The zero-order chi connectivity index (χ0) is 17.9. The molecule has 0 aliphatic carbocycles. The summed E-state index contributed by atoms with van der Waals surface area (Å²) >= 11 is 1.59. The van der Waals surface area contributed by atoms with Crippen LogP contribution in [0.3, 0.4) is 0 Å². The molecular weight excluding hydrogens is 350 g/mol. The molecule has 1 saturated heterocycles. The predicted molar refractivity (Wildman–Crippen MR) is 100 cm³/mol. The highest BCUT2D eigenvalue weighted by atomic mass is 32.1. The third-order valence-corrected chi connectivity index (χ3v) is 4.87. The molecule has 4 heterocycles. The minimum atomic E-state index is -0.103. The van der Waals surface area contributed by atoms with Crippen molar-refractivity contribution in [3.05, 3.63) is 51.6 Å². The monoisotopic (exact) mass is 367 g/mol. The van der Waals surface area contributed by atoms with E-state index in [2.05, 4.69) is 20.6 Å². The molecule has 0 spiro atoms. The topological polar surface area (TPSA) is 87.2 Å². The zero-order valence-electron chi connectivity index (χ0n) is 13.9. The van der Waals surface area contributed by atoms with Crippen LogP contribution in [0.4, 0.5) is 5.82 Å². The van der Waals surface area contributed by atoms with Crippen molar-refractivity contribution in [3.63, 3.8) is 0 Å². The van der Waals surface area contributed by atoms with Crippen LogP contribution in [0.1, 0.15) is 16.1 Å². The van der Waals surface area contributed by atoms with E-state index in [1.807, 2.05) is 17.5 Å². The van der Waals surface area contributed by atoms with Crippen molar-refractivity contribution < 1.29 is 9.59 Å². The first-order valence-electron chi connectivity index (χ1n) is 8.23. The van der Waals surface area contributed by atoms with Gasteiger partial charge in [-0.15, -0.1) is 11.3 Å². The van der Waals surface area contributed by atoms with Gasteiger partial charge in [0.05, 0.1) is 6.54 Å². The van der Waals surface area contributed by atoms with Crippen LogP contribution in [-0.2, 0) is 16.1 Å². The summed E-state index contributed by atoms with van der Waals surface area (Å²) in [6.45, 7) is 2.11. The number of anilines is 1. The van der Waals surface area contributed by atoms with Gasteiger partial charge in [0, 0.05) is 49.0 Å². The van der Waals surface area contributed by atoms with E-state index in [9.17, 15) is 9.59 Å². The molecule has 8 heteroatoms. The number of nitrogens with one attached hydrogen (secondary N) is 2. The number of hydrogen-bond acceptors (Lipinski definition) is 6. The van der Waals surface area contributed by atoms with Crippen molar-refractivity contribution in [2.24, 2.45) is 0 Å². The lowest BCUT2D eigenvalue weighted by Gasteiger charge is -2.33. The average Bonchev–Trinajstić information content (AvgIpc) is 3.03. The molecule has 26 heavy (non-hydrogen) atoms. The van der Waals surface area contributed by atoms with Gasteiger partial charge in [0.2, 0.25) is 11.8 Å². The maximum absolute atomic E-state index is 12.2. The Balaban J connectivity index is 1.37. The normalized spacial score (nSPS) is 16.7. The second kappa shape index (κ2) is 7.19. The fourth-order valence-corrected chi connectivity index (χ4v) is 3.42. The second-order valence-corrected chi connectivity index (χ2v) is 7.05. The fourth-order valence-electron chi connectivity index (χ4n) is 2.80. The van der Waals surface area contributed by atoms with Crippen molar-refractivity contribution in [2.45, 2.75) is 6.54 Å². The summed E-state index contributed by atoms with van der Waals surface area (Å²) in [4.78, 5) is 34.0. The van der Waals surface area contributed by atoms with E-state index in [4.69, 9.17) is 0 Å². The largest absolute Gasteiger partial charge is 0.331 e. The first-order chi connectivity index (χ1) is 12.7. The van der Waals surface area contributed by atoms with E-state index in [-0.39, 0.29) is 18.4 Å². The van der Waals surface area contributed by atoms with Crippen molar-refractivity contribution >= 4 is 41.1 Å². The summed E-state index contributed by atoms with van der Waals surface area (Å²) in [6.07, 6.45) is 8.78. The average molecular weight is 367 g/mol. The predicted octanol–water partition coefficient (Wildman–Crippen LogP) is 1.52. The molecule has 2 aromatic heterocycles. The number of likely N-dealkylation sites (tertiary alicyclic amines) is 1. The van der Waals surface area contributed by atoms with Crippen molar-refractivity contribution in [2.75, 3.05) is 25.0 Å². The Labute approximate surface area is 154 Å². The number of rotatable bonds is 3. The summed E-state index contributed by atoms with van der Waals surface area (Å²) in [5.74, 6) is 0.444. The van der Waals surface area contributed by atoms with E-state index in [1.165, 1.54) is 5.57 Å². The highest BCUT2D eigenvalue weighted by Crippen LogP contribution is 2.20. The van der Waals surface area contributed by atoms with Gasteiger partial charge in [0.25, 0.3) is 0 Å². The molecule has 132 valence electrons. The molecule has 0 atom stereocenters. The van der Waals surface area contributed by atoms with Gasteiger partial charge >= 0.3 is 0 Å². The summed E-state index contributed by atoms with van der Waals surface area (Å²) < 4.78 is 0. The van der Waals surface area contributed by atoms with Crippen LogP contribution in [0.15, 0.2) is 35.5 Å². The number of pyridine rings is 1. The van der Waals surface area contributed by atoms with Gasteiger partial charge in [-0.3, -0.25) is 9.59 Å². The molecular formula is C18H17N5O2S. The molecule has 2 N–H and O–H groups in total. The molecule has 0 radical (unpaired) electrons. The smallest absolute Gasteiger partial charge is 0.247 e. The first kappa shape index (κ1) is 16.6. The molecule has 4 rings (SSSR count). The standard InChI is InChI=1S/C18H17N5O2S/c24-15-9-19-8-14-5-12(7-21-18(14)22-15)1-2-17(25)23-10-13(11-23)6-16-20-3-4-26-16/h1-7,19H,8-11H2,(H,21,22,24)/b2-1+. The Morgan fingerprint density at radius 1 is 1.27 bits per heavy atom. The minimum Gasteiger partial charge on any atom is -0.331 e. The van der Waals surface area contributed by atoms with Crippen LogP contribution in [0.25, 0.3) is 12.2 Å². The number of hydrogen-bond donors (Lipinski definition) is 2. The second-order valence-electron chi connectivity index (χ2n) is 6.13. The third kappa shape index (κ3) is 3.71. The number of nitrogens with zero attached hydrogens (tertiary/aromatic N) is 3. The highest BCUT2D eigenvalue weighted by molar-refractivity contribution is 7.10. The molecule has 0 saturated carbocycles. The summed E-state index contributed by atoms with van der Waals surface area (Å²) in [5.41, 5.74) is 2.94. The molecule has 7 nitrogen and oxygen atoms in total. The molecule has 2 aliphatic heterocycles. The van der Waals surface area contributed by atoms with Gasteiger partial charge in [-0.2, -0.15) is 0 Å². The number of amides is 2. The maximum Gasteiger partial charge on any atom is 0.247 e. The molecule has 1 fully saturated rings. The number of thiazole rings is 1.